The summed E-state index contributed by atoms with van der Waals surface area (Å²) in [6, 6.07) is 7.87. The average molecular weight is 455 g/mol. The maximum absolute atomic E-state index is 15.1. The van der Waals surface area contributed by atoms with Crippen molar-refractivity contribution in [1.82, 2.24) is 19.7 Å². The van der Waals surface area contributed by atoms with Gasteiger partial charge >= 0.3 is 0 Å². The first-order chi connectivity index (χ1) is 15.5. The fourth-order valence-corrected chi connectivity index (χ4v) is 4.88. The summed E-state index contributed by atoms with van der Waals surface area (Å²) in [5, 5.41) is 6.03. The number of aryl methyl sites for hydroxylation is 1. The number of imidazole rings is 1. The van der Waals surface area contributed by atoms with Crippen LogP contribution in [0.3, 0.4) is 0 Å². The molecule has 0 amide bonds. The molecule has 5 rings (SSSR count). The SMILES string of the molecule is CCc1nc2c(F)cc(N3CCNCC3)cn2c1N(C)c1nc(-c2ccc(F)cc2)cs1. The monoisotopic (exact) mass is 454 g/mol. The lowest BCUT2D eigenvalue weighted by atomic mass is 10.2. The molecule has 1 N–H and O–H groups in total. The highest BCUT2D eigenvalue weighted by Gasteiger charge is 2.22. The van der Waals surface area contributed by atoms with Gasteiger partial charge in [0.1, 0.15) is 11.6 Å². The minimum atomic E-state index is -0.332. The Balaban J connectivity index is 1.56. The van der Waals surface area contributed by atoms with Gasteiger partial charge in [0.15, 0.2) is 16.6 Å². The number of rotatable bonds is 5. The Morgan fingerprint density at radius 2 is 1.88 bits per heavy atom. The molecule has 1 aromatic carbocycles. The first-order valence-electron chi connectivity index (χ1n) is 10.7. The summed E-state index contributed by atoms with van der Waals surface area (Å²) >= 11 is 1.49. The zero-order chi connectivity index (χ0) is 22.2. The molecular formula is C23H24F2N6S. The van der Waals surface area contributed by atoms with Crippen LogP contribution in [0.1, 0.15) is 12.6 Å². The molecule has 0 atom stereocenters. The van der Waals surface area contributed by atoms with Crippen molar-refractivity contribution in [3.05, 3.63) is 59.2 Å². The van der Waals surface area contributed by atoms with Gasteiger partial charge in [-0.15, -0.1) is 11.3 Å². The quantitative estimate of drug-likeness (QED) is 0.482. The molecule has 4 heterocycles. The van der Waals surface area contributed by atoms with E-state index in [0.717, 1.165) is 59.8 Å². The van der Waals surface area contributed by atoms with Gasteiger partial charge < -0.3 is 15.1 Å². The first-order valence-corrected chi connectivity index (χ1v) is 11.5. The summed E-state index contributed by atoms with van der Waals surface area (Å²) in [6.07, 6.45) is 2.64. The Labute approximate surface area is 189 Å². The Hall–Kier alpha value is -3.04. The number of aromatic nitrogens is 3. The van der Waals surface area contributed by atoms with Gasteiger partial charge in [0.05, 0.1) is 17.1 Å². The zero-order valence-corrected chi connectivity index (χ0v) is 18.8. The standard InChI is InChI=1S/C23H24F2N6S/c1-3-19-22(29(2)23-28-20(14-32-23)15-4-6-16(24)7-5-15)31-13-17(12-18(25)21(31)27-19)30-10-8-26-9-11-30/h4-7,12-14,26H,3,8-11H2,1-2H3. The summed E-state index contributed by atoms with van der Waals surface area (Å²) < 4.78 is 30.2. The van der Waals surface area contributed by atoms with E-state index in [1.165, 1.54) is 23.5 Å². The highest BCUT2D eigenvalue weighted by atomic mass is 32.1. The number of fused-ring (bicyclic) bond motifs is 1. The molecule has 4 aromatic rings. The van der Waals surface area contributed by atoms with Crippen LogP contribution in [0.25, 0.3) is 16.9 Å². The highest BCUT2D eigenvalue weighted by molar-refractivity contribution is 7.14. The largest absolute Gasteiger partial charge is 0.368 e. The second-order valence-corrected chi connectivity index (χ2v) is 8.63. The molecule has 0 unspecified atom stereocenters. The molecular weight excluding hydrogens is 430 g/mol. The summed E-state index contributed by atoms with van der Waals surface area (Å²) in [5.41, 5.74) is 3.59. The number of piperazine rings is 1. The van der Waals surface area contributed by atoms with E-state index in [-0.39, 0.29) is 11.6 Å². The van der Waals surface area contributed by atoms with Crippen LogP contribution in [0.4, 0.5) is 25.4 Å². The van der Waals surface area contributed by atoms with Crippen LogP contribution < -0.4 is 15.1 Å². The van der Waals surface area contributed by atoms with E-state index in [1.54, 1.807) is 18.2 Å². The van der Waals surface area contributed by atoms with E-state index in [4.69, 9.17) is 4.98 Å². The van der Waals surface area contributed by atoms with Crippen molar-refractivity contribution < 1.29 is 8.78 Å². The smallest absolute Gasteiger partial charge is 0.191 e. The van der Waals surface area contributed by atoms with Crippen LogP contribution in [0.15, 0.2) is 41.9 Å². The van der Waals surface area contributed by atoms with E-state index in [1.807, 2.05) is 34.8 Å². The van der Waals surface area contributed by atoms with Crippen molar-refractivity contribution in [2.45, 2.75) is 13.3 Å². The normalized spacial score (nSPS) is 14.3. The maximum Gasteiger partial charge on any atom is 0.191 e. The summed E-state index contributed by atoms with van der Waals surface area (Å²) in [5.74, 6) is 0.196. The van der Waals surface area contributed by atoms with E-state index >= 15 is 4.39 Å². The number of halogens is 2. The number of nitrogens with zero attached hydrogens (tertiary/aromatic N) is 5. The fourth-order valence-electron chi connectivity index (χ4n) is 4.08. The number of anilines is 3. The van der Waals surface area contributed by atoms with E-state index in [2.05, 4.69) is 15.2 Å². The van der Waals surface area contributed by atoms with Crippen molar-refractivity contribution in [3.8, 4) is 11.3 Å². The first kappa shape index (κ1) is 20.8. The van der Waals surface area contributed by atoms with Gasteiger partial charge in [0.25, 0.3) is 0 Å². The van der Waals surface area contributed by atoms with Gasteiger partial charge in [0, 0.05) is 56.4 Å². The summed E-state index contributed by atoms with van der Waals surface area (Å²) in [7, 11) is 1.92. The van der Waals surface area contributed by atoms with Crippen LogP contribution in [0.5, 0.6) is 0 Å². The molecule has 166 valence electrons. The van der Waals surface area contributed by atoms with Crippen LogP contribution in [-0.4, -0.2) is 47.6 Å². The van der Waals surface area contributed by atoms with Gasteiger partial charge in [-0.2, -0.15) is 0 Å². The highest BCUT2D eigenvalue weighted by Crippen LogP contribution is 2.35. The van der Waals surface area contributed by atoms with Crippen LogP contribution in [-0.2, 0) is 6.42 Å². The van der Waals surface area contributed by atoms with Crippen molar-refractivity contribution in [2.24, 2.45) is 0 Å². The number of hydrogen-bond donors (Lipinski definition) is 1. The predicted octanol–water partition coefficient (Wildman–Crippen LogP) is 4.48. The van der Waals surface area contributed by atoms with Gasteiger partial charge in [-0.1, -0.05) is 6.92 Å². The molecule has 0 spiro atoms. The van der Waals surface area contributed by atoms with Crippen LogP contribution >= 0.6 is 11.3 Å². The summed E-state index contributed by atoms with van der Waals surface area (Å²) in [6.45, 7) is 5.43. The number of nitrogens with one attached hydrogen (secondary N) is 1. The number of hydrogen-bond acceptors (Lipinski definition) is 6. The number of benzene rings is 1. The third kappa shape index (κ3) is 3.71. The van der Waals surface area contributed by atoms with E-state index in [9.17, 15) is 4.39 Å². The van der Waals surface area contributed by atoms with Gasteiger partial charge in [-0.25, -0.2) is 18.7 Å². The lowest BCUT2D eigenvalue weighted by molar-refractivity contribution is 0.583. The lowest BCUT2D eigenvalue weighted by Crippen LogP contribution is -2.43. The lowest BCUT2D eigenvalue weighted by Gasteiger charge is -2.29. The Morgan fingerprint density at radius 1 is 1.12 bits per heavy atom. The molecule has 6 nitrogen and oxygen atoms in total. The number of pyridine rings is 1. The molecule has 1 saturated heterocycles. The summed E-state index contributed by atoms with van der Waals surface area (Å²) in [4.78, 5) is 13.5. The second-order valence-electron chi connectivity index (χ2n) is 7.79. The van der Waals surface area contributed by atoms with Gasteiger partial charge in [-0.3, -0.25) is 4.40 Å². The van der Waals surface area contributed by atoms with Gasteiger partial charge in [-0.05, 0) is 30.7 Å². The minimum absolute atomic E-state index is 0.276. The predicted molar refractivity (Wildman–Crippen MR) is 125 cm³/mol. The Morgan fingerprint density at radius 3 is 2.59 bits per heavy atom. The molecule has 1 aliphatic heterocycles. The molecule has 0 bridgehead atoms. The number of thiazole rings is 1. The molecule has 9 heteroatoms. The third-order valence-corrected chi connectivity index (χ3v) is 6.68. The van der Waals surface area contributed by atoms with Crippen molar-refractivity contribution in [2.75, 3.05) is 43.0 Å². The molecule has 0 aliphatic carbocycles. The molecule has 0 saturated carbocycles. The topological polar surface area (TPSA) is 48.7 Å². The molecule has 1 aliphatic rings. The van der Waals surface area contributed by atoms with Crippen LogP contribution in [0, 0.1) is 11.6 Å². The van der Waals surface area contributed by atoms with Gasteiger partial charge in [0.2, 0.25) is 0 Å². The van der Waals surface area contributed by atoms with E-state index in [0.29, 0.717) is 12.1 Å². The minimum Gasteiger partial charge on any atom is -0.368 e. The second kappa shape index (κ2) is 8.48. The third-order valence-electron chi connectivity index (χ3n) is 5.76. The molecule has 3 aromatic heterocycles. The Bertz CT molecular complexity index is 1240. The van der Waals surface area contributed by atoms with Crippen molar-refractivity contribution in [3.63, 3.8) is 0 Å². The Kier molecular flexibility index (Phi) is 5.52. The fraction of sp³-hybridized carbons (Fsp3) is 0.304. The van der Waals surface area contributed by atoms with Crippen molar-refractivity contribution in [1.29, 1.82) is 0 Å². The molecule has 32 heavy (non-hydrogen) atoms. The van der Waals surface area contributed by atoms with Crippen molar-refractivity contribution >= 4 is 33.6 Å². The molecule has 1 fully saturated rings. The maximum atomic E-state index is 15.1. The molecule has 0 radical (unpaired) electrons. The van der Waals surface area contributed by atoms with E-state index < -0.39 is 0 Å². The van der Waals surface area contributed by atoms with Crippen LogP contribution in [0.2, 0.25) is 0 Å². The average Bonchev–Trinajstić information content (AvgIpc) is 3.45. The zero-order valence-electron chi connectivity index (χ0n) is 18.0.